The number of aryl methyl sites for hydroxylation is 1. The highest BCUT2D eigenvalue weighted by Gasteiger charge is 2.33. The molecule has 2 aromatic heterocycles. The maximum Gasteiger partial charge on any atom is 0.265 e. The normalized spacial score (nSPS) is 22.7. The summed E-state index contributed by atoms with van der Waals surface area (Å²) in [5, 5.41) is 3.92. The van der Waals surface area contributed by atoms with Gasteiger partial charge >= 0.3 is 0 Å². The van der Waals surface area contributed by atoms with Gasteiger partial charge in [-0.3, -0.25) is 14.2 Å². The average Bonchev–Trinajstić information content (AvgIpc) is 2.52. The van der Waals surface area contributed by atoms with Crippen molar-refractivity contribution in [1.82, 2.24) is 14.9 Å². The molecular weight excluding hydrogens is 314 g/mol. The second-order valence-electron chi connectivity index (χ2n) is 8.11. The third kappa shape index (κ3) is 3.60. The van der Waals surface area contributed by atoms with Crippen molar-refractivity contribution < 1.29 is 4.79 Å². The van der Waals surface area contributed by atoms with Crippen LogP contribution in [0.1, 0.15) is 57.3 Å². The highest BCUT2D eigenvalue weighted by atomic mass is 16.2. The molecule has 5 heteroatoms. The fraction of sp³-hybridized carbons (Fsp3) is 0.550. The first kappa shape index (κ1) is 17.6. The number of amides is 1. The molecule has 1 N–H and O–H groups in total. The van der Waals surface area contributed by atoms with Crippen LogP contribution in [0.25, 0.3) is 11.0 Å². The molecule has 2 aromatic rings. The monoisotopic (exact) mass is 341 g/mol. The molecule has 1 aliphatic carbocycles. The molecule has 0 aromatic carbocycles. The van der Waals surface area contributed by atoms with Crippen molar-refractivity contribution >= 4 is 16.9 Å². The molecule has 25 heavy (non-hydrogen) atoms. The summed E-state index contributed by atoms with van der Waals surface area (Å²) in [4.78, 5) is 29.9. The Morgan fingerprint density at radius 2 is 2.16 bits per heavy atom. The molecule has 0 aliphatic heterocycles. The van der Waals surface area contributed by atoms with Gasteiger partial charge in [0.1, 0.15) is 11.2 Å². The van der Waals surface area contributed by atoms with Crippen LogP contribution in [0, 0.1) is 11.3 Å². The van der Waals surface area contributed by atoms with Crippen molar-refractivity contribution in [1.29, 1.82) is 0 Å². The van der Waals surface area contributed by atoms with E-state index >= 15 is 0 Å². The smallest absolute Gasteiger partial charge is 0.265 e. The first-order valence-electron chi connectivity index (χ1n) is 9.10. The van der Waals surface area contributed by atoms with Gasteiger partial charge in [0, 0.05) is 24.2 Å². The van der Waals surface area contributed by atoms with Gasteiger partial charge in [-0.1, -0.05) is 20.8 Å². The molecule has 2 atom stereocenters. The first-order chi connectivity index (χ1) is 11.8. The van der Waals surface area contributed by atoms with Gasteiger partial charge in [0.25, 0.3) is 11.5 Å². The van der Waals surface area contributed by atoms with Crippen LogP contribution in [0.5, 0.6) is 0 Å². The van der Waals surface area contributed by atoms with E-state index in [0.717, 1.165) is 18.2 Å². The van der Waals surface area contributed by atoms with Crippen LogP contribution in [0.4, 0.5) is 0 Å². The second kappa shape index (κ2) is 6.62. The molecule has 1 fully saturated rings. The van der Waals surface area contributed by atoms with Gasteiger partial charge < -0.3 is 5.32 Å². The molecule has 3 rings (SSSR count). The summed E-state index contributed by atoms with van der Waals surface area (Å²) in [6.07, 6.45) is 4.75. The zero-order valence-electron chi connectivity index (χ0n) is 15.5. The molecule has 0 unspecified atom stereocenters. The molecule has 134 valence electrons. The van der Waals surface area contributed by atoms with E-state index in [4.69, 9.17) is 0 Å². The van der Waals surface area contributed by atoms with Gasteiger partial charge in [-0.05, 0) is 55.7 Å². The number of nitrogens with one attached hydrogen (secondary N) is 1. The quantitative estimate of drug-likeness (QED) is 0.931. The molecule has 0 saturated heterocycles. The fourth-order valence-electron chi connectivity index (χ4n) is 4.38. The number of pyridine rings is 2. The Kier molecular flexibility index (Phi) is 4.67. The Balaban J connectivity index is 1.92. The number of hydrogen-bond donors (Lipinski definition) is 1. The third-order valence-corrected chi connectivity index (χ3v) is 5.13. The van der Waals surface area contributed by atoms with Crippen molar-refractivity contribution in [3.05, 3.63) is 40.3 Å². The van der Waals surface area contributed by atoms with Crippen molar-refractivity contribution in [3.8, 4) is 0 Å². The van der Waals surface area contributed by atoms with Crippen LogP contribution in [-0.2, 0) is 6.54 Å². The Morgan fingerprint density at radius 3 is 2.84 bits per heavy atom. The molecule has 0 spiro atoms. The summed E-state index contributed by atoms with van der Waals surface area (Å²) in [6.45, 7) is 9.09. The lowest BCUT2D eigenvalue weighted by molar-refractivity contribution is 0.0872. The Hall–Kier alpha value is -2.17. The minimum Gasteiger partial charge on any atom is -0.349 e. The molecule has 0 radical (unpaired) electrons. The molecule has 1 amide bonds. The maximum absolute atomic E-state index is 12.8. The number of rotatable bonds is 3. The van der Waals surface area contributed by atoms with Gasteiger partial charge in [0.05, 0.1) is 0 Å². The number of hydrogen-bond acceptors (Lipinski definition) is 3. The van der Waals surface area contributed by atoms with E-state index in [1.165, 1.54) is 6.42 Å². The SMILES string of the molecule is CCn1c(=O)c(C(=O)N[C@@H]2C[C@@H](C)CC(C)(C)C2)cc2cccnc21. The molecule has 0 bridgehead atoms. The minimum atomic E-state index is -0.271. The molecule has 1 aliphatic rings. The van der Waals surface area contributed by atoms with Crippen molar-refractivity contribution in [3.63, 3.8) is 0 Å². The summed E-state index contributed by atoms with van der Waals surface area (Å²) in [7, 11) is 0. The summed E-state index contributed by atoms with van der Waals surface area (Å²) >= 11 is 0. The maximum atomic E-state index is 12.8. The topological polar surface area (TPSA) is 64.0 Å². The number of aromatic nitrogens is 2. The zero-order chi connectivity index (χ0) is 18.2. The standard InChI is InChI=1S/C20H27N3O2/c1-5-23-17-14(7-6-8-21-17)10-16(19(23)25)18(24)22-15-9-13(2)11-20(3,4)12-15/h6-8,10,13,15H,5,9,11-12H2,1-4H3,(H,22,24)/t13-,15-/m1/s1. The van der Waals surface area contributed by atoms with Crippen LogP contribution < -0.4 is 10.9 Å². The van der Waals surface area contributed by atoms with Gasteiger partial charge in [0.2, 0.25) is 0 Å². The van der Waals surface area contributed by atoms with Crippen LogP contribution in [0.3, 0.4) is 0 Å². The van der Waals surface area contributed by atoms with E-state index in [1.54, 1.807) is 16.8 Å². The van der Waals surface area contributed by atoms with Gasteiger partial charge in [-0.25, -0.2) is 4.98 Å². The molecule has 2 heterocycles. The third-order valence-electron chi connectivity index (χ3n) is 5.13. The van der Waals surface area contributed by atoms with E-state index in [2.05, 4.69) is 31.1 Å². The number of carbonyl (C=O) groups excluding carboxylic acids is 1. The number of nitrogens with zero attached hydrogens (tertiary/aromatic N) is 2. The van der Waals surface area contributed by atoms with Crippen LogP contribution in [0.2, 0.25) is 0 Å². The highest BCUT2D eigenvalue weighted by molar-refractivity contribution is 5.97. The molecule has 5 nitrogen and oxygen atoms in total. The van der Waals surface area contributed by atoms with Crippen molar-refractivity contribution in [2.45, 2.75) is 59.5 Å². The van der Waals surface area contributed by atoms with Crippen molar-refractivity contribution in [2.75, 3.05) is 0 Å². The number of fused-ring (bicyclic) bond motifs is 1. The lowest BCUT2D eigenvalue weighted by Gasteiger charge is -2.39. The van der Waals surface area contributed by atoms with E-state index in [1.807, 2.05) is 19.1 Å². The van der Waals surface area contributed by atoms with Crippen LogP contribution >= 0.6 is 0 Å². The highest BCUT2D eigenvalue weighted by Crippen LogP contribution is 2.38. The molecular formula is C20H27N3O2. The summed E-state index contributed by atoms with van der Waals surface area (Å²) < 4.78 is 1.57. The lowest BCUT2D eigenvalue weighted by Crippen LogP contribution is -2.44. The van der Waals surface area contributed by atoms with E-state index in [9.17, 15) is 9.59 Å². The van der Waals surface area contributed by atoms with Crippen LogP contribution in [-0.4, -0.2) is 21.5 Å². The predicted molar refractivity (Wildman–Crippen MR) is 99.7 cm³/mol. The zero-order valence-corrected chi connectivity index (χ0v) is 15.5. The van der Waals surface area contributed by atoms with Gasteiger partial charge in [0.15, 0.2) is 0 Å². The summed E-state index contributed by atoms with van der Waals surface area (Å²) in [5.74, 6) is 0.301. The predicted octanol–water partition coefficient (Wildman–Crippen LogP) is 3.36. The summed E-state index contributed by atoms with van der Waals surface area (Å²) in [6, 6.07) is 5.49. The van der Waals surface area contributed by atoms with E-state index in [-0.39, 0.29) is 28.5 Å². The van der Waals surface area contributed by atoms with Crippen LogP contribution in [0.15, 0.2) is 29.2 Å². The Bertz CT molecular complexity index is 854. The largest absolute Gasteiger partial charge is 0.349 e. The first-order valence-corrected chi connectivity index (χ1v) is 9.10. The average molecular weight is 341 g/mol. The summed E-state index contributed by atoms with van der Waals surface area (Å²) in [5.41, 5.74) is 0.777. The number of carbonyl (C=O) groups is 1. The lowest BCUT2D eigenvalue weighted by atomic mass is 9.70. The Labute approximate surface area is 148 Å². The Morgan fingerprint density at radius 1 is 1.40 bits per heavy atom. The van der Waals surface area contributed by atoms with E-state index in [0.29, 0.717) is 18.1 Å². The van der Waals surface area contributed by atoms with Gasteiger partial charge in [-0.2, -0.15) is 0 Å². The van der Waals surface area contributed by atoms with Crippen molar-refractivity contribution in [2.24, 2.45) is 11.3 Å². The fourth-order valence-corrected chi connectivity index (χ4v) is 4.38. The van der Waals surface area contributed by atoms with Gasteiger partial charge in [-0.15, -0.1) is 0 Å². The molecule has 1 saturated carbocycles. The second-order valence-corrected chi connectivity index (χ2v) is 8.11. The van der Waals surface area contributed by atoms with E-state index < -0.39 is 0 Å². The minimum absolute atomic E-state index is 0.116.